The van der Waals surface area contributed by atoms with Crippen LogP contribution in [0.5, 0.6) is 0 Å². The third kappa shape index (κ3) is 4.59. The first kappa shape index (κ1) is 28.7. The molecule has 6 aromatic carbocycles. The lowest BCUT2D eigenvalue weighted by Gasteiger charge is -2.25. The summed E-state index contributed by atoms with van der Waals surface area (Å²) in [7, 11) is 0. The lowest BCUT2D eigenvalue weighted by Crippen LogP contribution is -2.12. The molecular weight excluding hydrogens is 504 g/mol. The van der Waals surface area contributed by atoms with Crippen LogP contribution in [0.2, 0.25) is 0 Å². The van der Waals surface area contributed by atoms with Crippen molar-refractivity contribution in [3.05, 3.63) is 95.1 Å². The maximum absolute atomic E-state index is 2.48. The van der Waals surface area contributed by atoms with Crippen LogP contribution in [0.15, 0.2) is 72.8 Å². The molecule has 0 N–H and O–H groups in total. The average molecular weight is 553 g/mol. The van der Waals surface area contributed by atoms with Gasteiger partial charge in [-0.1, -0.05) is 132 Å². The van der Waals surface area contributed by atoms with Crippen LogP contribution in [0.3, 0.4) is 0 Å². The van der Waals surface area contributed by atoms with Gasteiger partial charge in [-0.05, 0) is 122 Å². The van der Waals surface area contributed by atoms with Gasteiger partial charge in [0.25, 0.3) is 0 Å². The van der Waals surface area contributed by atoms with E-state index in [4.69, 9.17) is 0 Å². The van der Waals surface area contributed by atoms with E-state index in [1.165, 1.54) is 76.1 Å². The Labute approximate surface area is 253 Å². The van der Waals surface area contributed by atoms with E-state index in [-0.39, 0.29) is 21.7 Å². The molecule has 0 heterocycles. The van der Waals surface area contributed by atoms with Gasteiger partial charge >= 0.3 is 0 Å². The first-order valence-electron chi connectivity index (χ1n) is 15.7. The van der Waals surface area contributed by atoms with Crippen LogP contribution in [0.1, 0.15) is 105 Å². The minimum atomic E-state index is 0.0769. The summed E-state index contributed by atoms with van der Waals surface area (Å²) in [5, 5.41) is 13.6. The molecule has 0 radical (unpaired) electrons. The molecule has 0 saturated heterocycles. The Morgan fingerprint density at radius 2 is 0.452 bits per heavy atom. The zero-order chi connectivity index (χ0) is 30.6. The molecule has 0 aliphatic carbocycles. The van der Waals surface area contributed by atoms with Crippen molar-refractivity contribution in [2.45, 2.75) is 105 Å². The predicted molar refractivity (Wildman–Crippen MR) is 189 cm³/mol. The third-order valence-electron chi connectivity index (χ3n) is 9.45. The number of benzene rings is 6. The van der Waals surface area contributed by atoms with E-state index in [0.717, 1.165) is 0 Å². The largest absolute Gasteiger partial charge is 0.0578 e. The van der Waals surface area contributed by atoms with Gasteiger partial charge in [-0.15, -0.1) is 0 Å². The van der Waals surface area contributed by atoms with E-state index in [1.807, 2.05) is 0 Å². The van der Waals surface area contributed by atoms with E-state index in [0.29, 0.717) is 0 Å². The fourth-order valence-electron chi connectivity index (χ4n) is 6.64. The summed E-state index contributed by atoms with van der Waals surface area (Å²) < 4.78 is 0. The van der Waals surface area contributed by atoms with Crippen molar-refractivity contribution >= 4 is 53.9 Å². The van der Waals surface area contributed by atoms with Crippen LogP contribution in [-0.2, 0) is 21.7 Å². The van der Waals surface area contributed by atoms with Crippen molar-refractivity contribution in [3.63, 3.8) is 0 Å². The molecule has 0 unspecified atom stereocenters. The van der Waals surface area contributed by atoms with Gasteiger partial charge in [-0.25, -0.2) is 0 Å². The van der Waals surface area contributed by atoms with Gasteiger partial charge in [-0.2, -0.15) is 0 Å². The Bertz CT molecular complexity index is 1740. The zero-order valence-corrected chi connectivity index (χ0v) is 27.9. The second-order valence-electron chi connectivity index (χ2n) is 16.8. The van der Waals surface area contributed by atoms with E-state index < -0.39 is 0 Å². The molecule has 0 spiro atoms. The Hall–Kier alpha value is -3.38. The summed E-state index contributed by atoms with van der Waals surface area (Å²) in [5.41, 5.74) is 5.83. The molecule has 0 saturated carbocycles. The maximum atomic E-state index is 2.48. The Kier molecular flexibility index (Phi) is 6.20. The van der Waals surface area contributed by atoms with Crippen molar-refractivity contribution in [1.29, 1.82) is 0 Å². The molecule has 0 aliphatic heterocycles. The van der Waals surface area contributed by atoms with Crippen molar-refractivity contribution in [1.82, 2.24) is 0 Å². The molecule has 0 amide bonds. The molecule has 216 valence electrons. The summed E-state index contributed by atoms with van der Waals surface area (Å²) in [6.45, 7) is 27.9. The van der Waals surface area contributed by atoms with Crippen LogP contribution >= 0.6 is 0 Å². The van der Waals surface area contributed by atoms with E-state index in [1.54, 1.807) is 0 Å². The third-order valence-corrected chi connectivity index (χ3v) is 9.45. The second kappa shape index (κ2) is 9.06. The Balaban J connectivity index is 1.94. The van der Waals surface area contributed by atoms with Crippen LogP contribution in [0.4, 0.5) is 0 Å². The smallest absolute Gasteiger partial charge is 0.00139 e. The fraction of sp³-hybridized carbons (Fsp3) is 0.381. The summed E-state index contributed by atoms with van der Waals surface area (Å²) in [6, 6.07) is 29.0. The summed E-state index contributed by atoms with van der Waals surface area (Å²) in [5.74, 6) is 0. The van der Waals surface area contributed by atoms with Crippen molar-refractivity contribution in [3.8, 4) is 0 Å². The number of rotatable bonds is 0. The fourth-order valence-corrected chi connectivity index (χ4v) is 6.64. The lowest BCUT2D eigenvalue weighted by atomic mass is 9.79. The highest BCUT2D eigenvalue weighted by Crippen LogP contribution is 2.47. The van der Waals surface area contributed by atoms with Crippen molar-refractivity contribution < 1.29 is 0 Å². The Morgan fingerprint density at radius 3 is 0.619 bits per heavy atom. The normalized spacial score (nSPS) is 13.7. The summed E-state index contributed by atoms with van der Waals surface area (Å²) in [6.07, 6.45) is 0. The minimum absolute atomic E-state index is 0.0769. The highest BCUT2D eigenvalue weighted by Gasteiger charge is 2.23. The maximum Gasteiger partial charge on any atom is -0.00139 e. The number of fused-ring (bicyclic) bond motifs is 11. The molecule has 0 aliphatic rings. The van der Waals surface area contributed by atoms with E-state index >= 15 is 0 Å². The monoisotopic (exact) mass is 552 g/mol. The predicted octanol–water partition coefficient (Wildman–Crippen LogP) is 12.6. The summed E-state index contributed by atoms with van der Waals surface area (Å²) >= 11 is 0. The van der Waals surface area contributed by atoms with Crippen molar-refractivity contribution in [2.75, 3.05) is 0 Å². The molecule has 0 bridgehead atoms. The topological polar surface area (TPSA) is 0 Å². The summed E-state index contributed by atoms with van der Waals surface area (Å²) in [4.78, 5) is 0. The lowest BCUT2D eigenvalue weighted by molar-refractivity contribution is 0.590. The highest BCUT2D eigenvalue weighted by molar-refractivity contribution is 6.39. The molecule has 6 aromatic rings. The molecule has 6 rings (SSSR count). The Morgan fingerprint density at radius 1 is 0.262 bits per heavy atom. The van der Waals surface area contributed by atoms with Gasteiger partial charge < -0.3 is 0 Å². The van der Waals surface area contributed by atoms with Gasteiger partial charge in [0, 0.05) is 0 Å². The second-order valence-corrected chi connectivity index (χ2v) is 16.8. The molecule has 0 atom stereocenters. The van der Waals surface area contributed by atoms with Crippen LogP contribution in [-0.4, -0.2) is 0 Å². The minimum Gasteiger partial charge on any atom is -0.0578 e. The van der Waals surface area contributed by atoms with Gasteiger partial charge in [-0.3, -0.25) is 0 Å². The quantitative estimate of drug-likeness (QED) is 0.164. The van der Waals surface area contributed by atoms with Crippen molar-refractivity contribution in [2.24, 2.45) is 0 Å². The standard InChI is InChI=1S/C42H48/c1-39(2,3)25-13-17-29-33(21-25)34-22-26(40(4,5)6)14-18-30(34)38-32-20-16-28(42(10,11)12)24-36(32)35-23-27(41(7,8)9)15-19-31(35)37(29)38/h13-24H,1-12H3. The molecule has 0 fully saturated rings. The number of hydrogen-bond acceptors (Lipinski definition) is 0. The van der Waals surface area contributed by atoms with Gasteiger partial charge in [0.2, 0.25) is 0 Å². The first-order valence-corrected chi connectivity index (χ1v) is 15.7. The molecule has 42 heavy (non-hydrogen) atoms. The SMILES string of the molecule is CC(C)(C)c1ccc2c(c1)c1cc(C(C)(C)C)ccc1c1c3ccc(C(C)(C)C)cc3c3cc(C(C)(C)C)ccc3c21. The molecular formula is C42H48. The van der Waals surface area contributed by atoms with Crippen LogP contribution < -0.4 is 0 Å². The average Bonchev–Trinajstić information content (AvgIpc) is 2.89. The van der Waals surface area contributed by atoms with Gasteiger partial charge in [0.05, 0.1) is 0 Å². The van der Waals surface area contributed by atoms with E-state index in [9.17, 15) is 0 Å². The van der Waals surface area contributed by atoms with E-state index in [2.05, 4.69) is 156 Å². The molecule has 0 aromatic heterocycles. The van der Waals surface area contributed by atoms with Crippen LogP contribution in [0.25, 0.3) is 53.9 Å². The van der Waals surface area contributed by atoms with Crippen LogP contribution in [0, 0.1) is 0 Å². The zero-order valence-electron chi connectivity index (χ0n) is 27.9. The molecule has 0 nitrogen and oxygen atoms in total. The van der Waals surface area contributed by atoms with Gasteiger partial charge in [0.15, 0.2) is 0 Å². The number of hydrogen-bond donors (Lipinski definition) is 0. The molecule has 0 heteroatoms. The highest BCUT2D eigenvalue weighted by atomic mass is 14.3. The first-order chi connectivity index (χ1) is 19.4. The van der Waals surface area contributed by atoms with Gasteiger partial charge in [0.1, 0.15) is 0 Å².